The van der Waals surface area contributed by atoms with Crippen LogP contribution in [0.25, 0.3) is 0 Å². The number of rotatable bonds is 10. The van der Waals surface area contributed by atoms with E-state index < -0.39 is 19.6 Å². The van der Waals surface area contributed by atoms with Crippen molar-refractivity contribution in [1.82, 2.24) is 9.80 Å². The fraction of sp³-hybridized carbons (Fsp3) is 0.846. The molecular formula is C26H46N2O6Si. The zero-order chi connectivity index (χ0) is 26.6. The van der Waals surface area contributed by atoms with Crippen LogP contribution >= 0.6 is 0 Å². The Morgan fingerprint density at radius 3 is 1.34 bits per heavy atom. The van der Waals surface area contributed by atoms with Crippen LogP contribution in [0, 0.1) is 11.8 Å². The van der Waals surface area contributed by atoms with Crippen molar-refractivity contribution in [3.63, 3.8) is 0 Å². The standard InChI is InChI=1S/C26H46N2O6Si/c1-25(2,3)27-21(29)15-13-19(23(27)31)11-9-17-35(33-7,34-8)18-10-12-20-14-16-22(30)28(24(20)32)26(4,5)6/h19-20H,9-18H2,1-8H3. The third kappa shape index (κ3) is 7.23. The predicted molar refractivity (Wildman–Crippen MR) is 137 cm³/mol. The lowest BCUT2D eigenvalue weighted by Gasteiger charge is -2.40. The van der Waals surface area contributed by atoms with E-state index >= 15 is 0 Å². The van der Waals surface area contributed by atoms with Gasteiger partial charge < -0.3 is 8.85 Å². The molecule has 0 spiro atoms. The van der Waals surface area contributed by atoms with E-state index in [4.69, 9.17) is 8.85 Å². The highest BCUT2D eigenvalue weighted by molar-refractivity contribution is 6.67. The molecule has 200 valence electrons. The summed E-state index contributed by atoms with van der Waals surface area (Å²) in [5.74, 6) is -0.587. The molecule has 2 unspecified atom stereocenters. The monoisotopic (exact) mass is 510 g/mol. The minimum absolute atomic E-state index is 0.0652. The summed E-state index contributed by atoms with van der Waals surface area (Å²) in [6, 6.07) is 1.52. The summed E-state index contributed by atoms with van der Waals surface area (Å²) in [6.45, 7) is 11.4. The van der Waals surface area contributed by atoms with Crippen molar-refractivity contribution in [1.29, 1.82) is 0 Å². The van der Waals surface area contributed by atoms with E-state index in [0.717, 1.165) is 24.9 Å². The largest absolute Gasteiger partial charge is 0.398 e. The first-order valence-corrected chi connectivity index (χ1v) is 15.2. The van der Waals surface area contributed by atoms with E-state index in [1.807, 2.05) is 41.5 Å². The average molecular weight is 511 g/mol. The highest BCUT2D eigenvalue weighted by Crippen LogP contribution is 2.33. The van der Waals surface area contributed by atoms with Crippen LogP contribution in [0.1, 0.15) is 92.9 Å². The van der Waals surface area contributed by atoms with Crippen molar-refractivity contribution in [2.45, 2.75) is 116 Å². The van der Waals surface area contributed by atoms with E-state index in [1.165, 1.54) is 9.80 Å². The molecule has 2 atom stereocenters. The van der Waals surface area contributed by atoms with Crippen LogP contribution in [-0.4, -0.2) is 67.3 Å². The molecule has 8 nitrogen and oxygen atoms in total. The second-order valence-corrected chi connectivity index (χ2v) is 15.7. The van der Waals surface area contributed by atoms with Gasteiger partial charge in [-0.05, 0) is 79.3 Å². The molecule has 0 bridgehead atoms. The average Bonchev–Trinajstić information content (AvgIpc) is 2.74. The van der Waals surface area contributed by atoms with E-state index in [2.05, 4.69) is 0 Å². The van der Waals surface area contributed by atoms with E-state index in [0.29, 0.717) is 38.5 Å². The molecule has 0 radical (unpaired) electrons. The number of carbonyl (C=O) groups is 4. The Morgan fingerprint density at radius 2 is 1.06 bits per heavy atom. The van der Waals surface area contributed by atoms with Gasteiger partial charge in [-0.15, -0.1) is 0 Å². The second kappa shape index (κ2) is 11.6. The van der Waals surface area contributed by atoms with Crippen LogP contribution < -0.4 is 0 Å². The summed E-state index contributed by atoms with van der Waals surface area (Å²) in [7, 11) is 0.901. The van der Waals surface area contributed by atoms with Crippen molar-refractivity contribution in [3.8, 4) is 0 Å². The lowest BCUT2D eigenvalue weighted by atomic mass is 9.89. The summed E-state index contributed by atoms with van der Waals surface area (Å²) in [5.41, 5.74) is -1.01. The minimum atomic E-state index is -2.47. The Kier molecular flexibility index (Phi) is 9.86. The van der Waals surface area contributed by atoms with Crippen LogP contribution in [0.5, 0.6) is 0 Å². The molecule has 0 saturated carbocycles. The van der Waals surface area contributed by atoms with Gasteiger partial charge in [0, 0.05) is 50.0 Å². The third-order valence-electron chi connectivity index (χ3n) is 7.36. The molecular weight excluding hydrogens is 464 g/mol. The molecule has 4 amide bonds. The van der Waals surface area contributed by atoms with Gasteiger partial charge in [0.05, 0.1) is 0 Å². The number of likely N-dealkylation sites (tertiary alicyclic amines) is 2. The van der Waals surface area contributed by atoms with Gasteiger partial charge in [0.1, 0.15) is 0 Å². The molecule has 2 aliphatic heterocycles. The fourth-order valence-corrected chi connectivity index (χ4v) is 8.19. The molecule has 0 aliphatic carbocycles. The number of amides is 4. The number of hydrogen-bond acceptors (Lipinski definition) is 6. The maximum absolute atomic E-state index is 13.0. The molecule has 0 N–H and O–H groups in total. The molecule has 2 aliphatic rings. The number of imide groups is 2. The number of carbonyl (C=O) groups excluding carboxylic acids is 4. The quantitative estimate of drug-likeness (QED) is 0.319. The molecule has 0 aromatic carbocycles. The van der Waals surface area contributed by atoms with E-state index in [9.17, 15) is 19.2 Å². The first-order valence-electron chi connectivity index (χ1n) is 13.0. The number of nitrogens with zero attached hydrogens (tertiary/aromatic N) is 2. The lowest BCUT2D eigenvalue weighted by Crippen LogP contribution is -2.54. The molecule has 9 heteroatoms. The fourth-order valence-electron chi connectivity index (χ4n) is 5.47. The first kappa shape index (κ1) is 29.6. The third-order valence-corrected chi connectivity index (χ3v) is 11.1. The summed E-state index contributed by atoms with van der Waals surface area (Å²) in [5, 5.41) is 0. The Labute approximate surface area is 212 Å². The smallest absolute Gasteiger partial charge is 0.337 e. The van der Waals surface area contributed by atoms with Crippen molar-refractivity contribution in [2.75, 3.05) is 14.2 Å². The summed E-state index contributed by atoms with van der Waals surface area (Å²) in [4.78, 5) is 53.4. The molecule has 2 saturated heterocycles. The highest BCUT2D eigenvalue weighted by Gasteiger charge is 2.42. The molecule has 2 rings (SSSR count). The molecule has 0 aromatic heterocycles. The van der Waals surface area contributed by atoms with Crippen molar-refractivity contribution >= 4 is 32.2 Å². The van der Waals surface area contributed by atoms with Crippen LogP contribution in [0.4, 0.5) is 0 Å². The van der Waals surface area contributed by atoms with E-state index in [-0.39, 0.29) is 35.5 Å². The van der Waals surface area contributed by atoms with Crippen LogP contribution in [0.2, 0.25) is 12.1 Å². The van der Waals surface area contributed by atoms with Gasteiger partial charge in [0.15, 0.2) is 0 Å². The maximum atomic E-state index is 13.0. The van der Waals surface area contributed by atoms with Gasteiger partial charge in [-0.25, -0.2) is 0 Å². The van der Waals surface area contributed by atoms with Crippen LogP contribution in [0.15, 0.2) is 0 Å². The van der Waals surface area contributed by atoms with Crippen molar-refractivity contribution in [3.05, 3.63) is 0 Å². The SMILES string of the molecule is CO[Si](CCCC1CCC(=O)N(C(C)(C)C)C1=O)(CCCC1CCC(=O)N(C(C)(C)C)C1=O)OC. The minimum Gasteiger partial charge on any atom is -0.398 e. The lowest BCUT2D eigenvalue weighted by molar-refractivity contribution is -0.159. The topological polar surface area (TPSA) is 93.2 Å². The second-order valence-electron chi connectivity index (χ2n) is 12.1. The summed E-state index contributed by atoms with van der Waals surface area (Å²) < 4.78 is 11.8. The van der Waals surface area contributed by atoms with Gasteiger partial charge in [-0.1, -0.05) is 12.8 Å². The maximum Gasteiger partial charge on any atom is 0.337 e. The van der Waals surface area contributed by atoms with E-state index in [1.54, 1.807) is 14.2 Å². The molecule has 2 heterocycles. The number of piperidine rings is 2. The molecule has 0 aromatic rings. The predicted octanol–water partition coefficient (Wildman–Crippen LogP) is 4.41. The van der Waals surface area contributed by atoms with Gasteiger partial charge in [0.25, 0.3) is 0 Å². The Balaban J connectivity index is 1.91. The van der Waals surface area contributed by atoms with Gasteiger partial charge in [-0.3, -0.25) is 29.0 Å². The van der Waals surface area contributed by atoms with Crippen molar-refractivity contribution in [2.24, 2.45) is 11.8 Å². The zero-order valence-corrected chi connectivity index (χ0v) is 24.1. The zero-order valence-electron chi connectivity index (χ0n) is 23.1. The number of hydrogen-bond donors (Lipinski definition) is 0. The van der Waals surface area contributed by atoms with Gasteiger partial charge in [0.2, 0.25) is 23.6 Å². The van der Waals surface area contributed by atoms with Crippen LogP contribution in [0.3, 0.4) is 0 Å². The molecule has 2 fully saturated rings. The normalized spacial score (nSPS) is 22.9. The Hall–Kier alpha value is -1.58. The van der Waals surface area contributed by atoms with Gasteiger partial charge >= 0.3 is 8.56 Å². The first-order chi connectivity index (χ1) is 16.2. The van der Waals surface area contributed by atoms with Gasteiger partial charge in [-0.2, -0.15) is 0 Å². The Morgan fingerprint density at radius 1 is 0.714 bits per heavy atom. The van der Waals surface area contributed by atoms with Crippen molar-refractivity contribution < 1.29 is 28.0 Å². The summed E-state index contributed by atoms with van der Waals surface area (Å²) in [6.07, 6.45) is 5.05. The summed E-state index contributed by atoms with van der Waals surface area (Å²) >= 11 is 0. The van der Waals surface area contributed by atoms with Crippen LogP contribution in [-0.2, 0) is 28.0 Å². The Bertz CT molecular complexity index is 735. The highest BCUT2D eigenvalue weighted by atomic mass is 28.4. The molecule has 35 heavy (non-hydrogen) atoms.